The fourth-order valence-corrected chi connectivity index (χ4v) is 3.70. The van der Waals surface area contributed by atoms with Gasteiger partial charge in [-0.05, 0) is 43.5 Å². The molecule has 1 saturated carbocycles. The highest BCUT2D eigenvalue weighted by atomic mass is 19.1. The highest BCUT2D eigenvalue weighted by Gasteiger charge is 2.44. The van der Waals surface area contributed by atoms with E-state index in [1.165, 1.54) is 6.07 Å². The standard InChI is InChI=1S/C21H22FNO3/c1-14(19(24)25)15-8-10-16(11-9-15)23-20(26)21(12-4-5-13-21)17-6-2-3-7-18(17)22/h2-3,6-11,14H,4-5,12-13H2,1H3,(H,23,26)(H,24,25). The summed E-state index contributed by atoms with van der Waals surface area (Å²) in [6, 6.07) is 13.2. The molecule has 26 heavy (non-hydrogen) atoms. The molecule has 1 aliphatic carbocycles. The van der Waals surface area contributed by atoms with Gasteiger partial charge in [0.1, 0.15) is 5.82 Å². The van der Waals surface area contributed by atoms with Gasteiger partial charge in [-0.25, -0.2) is 4.39 Å². The van der Waals surface area contributed by atoms with Crippen LogP contribution in [0, 0.1) is 5.82 Å². The van der Waals surface area contributed by atoms with E-state index in [-0.39, 0.29) is 11.7 Å². The Hall–Kier alpha value is -2.69. The van der Waals surface area contributed by atoms with E-state index in [0.717, 1.165) is 12.8 Å². The number of nitrogens with one attached hydrogen (secondary N) is 1. The van der Waals surface area contributed by atoms with Gasteiger partial charge in [-0.2, -0.15) is 0 Å². The molecule has 0 aliphatic heterocycles. The highest BCUT2D eigenvalue weighted by Crippen LogP contribution is 2.43. The number of halogens is 1. The van der Waals surface area contributed by atoms with Crippen molar-refractivity contribution in [3.05, 3.63) is 65.5 Å². The van der Waals surface area contributed by atoms with Crippen molar-refractivity contribution in [2.24, 2.45) is 0 Å². The van der Waals surface area contributed by atoms with Gasteiger partial charge in [-0.1, -0.05) is 43.2 Å². The van der Waals surface area contributed by atoms with Crippen molar-refractivity contribution in [3.63, 3.8) is 0 Å². The highest BCUT2D eigenvalue weighted by molar-refractivity contribution is 5.99. The Morgan fingerprint density at radius 1 is 1.08 bits per heavy atom. The average Bonchev–Trinajstić information content (AvgIpc) is 3.13. The van der Waals surface area contributed by atoms with E-state index in [4.69, 9.17) is 5.11 Å². The molecule has 1 amide bonds. The normalized spacial score (nSPS) is 16.8. The second kappa shape index (κ2) is 7.28. The van der Waals surface area contributed by atoms with Crippen LogP contribution in [0.4, 0.5) is 10.1 Å². The molecule has 2 N–H and O–H groups in total. The number of rotatable bonds is 5. The molecule has 2 aromatic carbocycles. The van der Waals surface area contributed by atoms with Crippen molar-refractivity contribution >= 4 is 17.6 Å². The van der Waals surface area contributed by atoms with E-state index in [2.05, 4.69) is 5.32 Å². The van der Waals surface area contributed by atoms with Crippen LogP contribution in [0.3, 0.4) is 0 Å². The molecule has 4 nitrogen and oxygen atoms in total. The first kappa shape index (κ1) is 18.1. The molecular formula is C21H22FNO3. The molecule has 1 fully saturated rings. The van der Waals surface area contributed by atoms with E-state index in [1.54, 1.807) is 49.4 Å². The van der Waals surface area contributed by atoms with Crippen LogP contribution in [-0.2, 0) is 15.0 Å². The predicted molar refractivity (Wildman–Crippen MR) is 97.7 cm³/mol. The molecule has 0 bridgehead atoms. The van der Waals surface area contributed by atoms with Gasteiger partial charge in [0.05, 0.1) is 11.3 Å². The number of benzene rings is 2. The van der Waals surface area contributed by atoms with E-state index in [1.807, 2.05) is 0 Å². The molecule has 5 heteroatoms. The zero-order valence-electron chi connectivity index (χ0n) is 14.7. The second-order valence-electron chi connectivity index (χ2n) is 6.91. The summed E-state index contributed by atoms with van der Waals surface area (Å²) in [5, 5.41) is 12.0. The first-order chi connectivity index (χ1) is 12.4. The van der Waals surface area contributed by atoms with Crippen molar-refractivity contribution in [1.82, 2.24) is 0 Å². The number of carbonyl (C=O) groups excluding carboxylic acids is 1. The van der Waals surface area contributed by atoms with Gasteiger partial charge in [0.15, 0.2) is 0 Å². The zero-order valence-corrected chi connectivity index (χ0v) is 14.7. The second-order valence-corrected chi connectivity index (χ2v) is 6.91. The minimum absolute atomic E-state index is 0.209. The predicted octanol–water partition coefficient (Wildman–Crippen LogP) is 4.46. The van der Waals surface area contributed by atoms with E-state index in [9.17, 15) is 14.0 Å². The van der Waals surface area contributed by atoms with Gasteiger partial charge >= 0.3 is 5.97 Å². The van der Waals surface area contributed by atoms with Gasteiger partial charge < -0.3 is 10.4 Å². The number of hydrogen-bond donors (Lipinski definition) is 2. The van der Waals surface area contributed by atoms with Crippen LogP contribution in [-0.4, -0.2) is 17.0 Å². The summed E-state index contributed by atoms with van der Waals surface area (Å²) in [6.07, 6.45) is 3.01. The van der Waals surface area contributed by atoms with Gasteiger partial charge in [0.2, 0.25) is 5.91 Å². The number of carboxylic acids is 1. The molecule has 0 aromatic heterocycles. The summed E-state index contributed by atoms with van der Waals surface area (Å²) in [7, 11) is 0. The summed E-state index contributed by atoms with van der Waals surface area (Å²) >= 11 is 0. The maximum absolute atomic E-state index is 14.4. The van der Waals surface area contributed by atoms with Crippen molar-refractivity contribution in [2.75, 3.05) is 5.32 Å². The van der Waals surface area contributed by atoms with E-state index < -0.39 is 17.3 Å². The Labute approximate surface area is 152 Å². The summed E-state index contributed by atoms with van der Waals surface area (Å²) in [5.74, 6) is -2.07. The van der Waals surface area contributed by atoms with Crippen LogP contribution < -0.4 is 5.32 Å². The van der Waals surface area contributed by atoms with Crippen LogP contribution in [0.2, 0.25) is 0 Å². The molecule has 2 aromatic rings. The Bertz CT molecular complexity index is 810. The Morgan fingerprint density at radius 2 is 1.69 bits per heavy atom. The molecule has 0 heterocycles. The molecule has 136 valence electrons. The fraction of sp³-hybridized carbons (Fsp3) is 0.333. The lowest BCUT2D eigenvalue weighted by molar-refractivity contribution is -0.138. The first-order valence-electron chi connectivity index (χ1n) is 8.83. The van der Waals surface area contributed by atoms with E-state index >= 15 is 0 Å². The number of carboxylic acid groups (broad SMARTS) is 1. The lowest BCUT2D eigenvalue weighted by atomic mass is 9.77. The monoisotopic (exact) mass is 355 g/mol. The van der Waals surface area contributed by atoms with Crippen LogP contribution >= 0.6 is 0 Å². The fourth-order valence-electron chi connectivity index (χ4n) is 3.70. The number of anilines is 1. The van der Waals surface area contributed by atoms with Gasteiger partial charge in [-0.3, -0.25) is 9.59 Å². The summed E-state index contributed by atoms with van der Waals surface area (Å²) in [5.41, 5.74) is 0.850. The SMILES string of the molecule is CC(C(=O)O)c1ccc(NC(=O)C2(c3ccccc3F)CCCC2)cc1. The maximum Gasteiger partial charge on any atom is 0.310 e. The van der Waals surface area contributed by atoms with Gasteiger partial charge in [0.25, 0.3) is 0 Å². The van der Waals surface area contributed by atoms with Crippen LogP contribution in [0.1, 0.15) is 49.7 Å². The molecule has 0 saturated heterocycles. The molecule has 1 aliphatic rings. The Morgan fingerprint density at radius 3 is 2.27 bits per heavy atom. The van der Waals surface area contributed by atoms with E-state index in [0.29, 0.717) is 29.7 Å². The third kappa shape index (κ3) is 3.34. The van der Waals surface area contributed by atoms with Gasteiger partial charge in [0, 0.05) is 11.3 Å². The third-order valence-electron chi connectivity index (χ3n) is 5.32. The lowest BCUT2D eigenvalue weighted by Crippen LogP contribution is -2.38. The van der Waals surface area contributed by atoms with Gasteiger partial charge in [-0.15, -0.1) is 0 Å². The molecule has 1 atom stereocenters. The third-order valence-corrected chi connectivity index (χ3v) is 5.32. The van der Waals surface area contributed by atoms with Crippen molar-refractivity contribution in [1.29, 1.82) is 0 Å². The minimum atomic E-state index is -0.897. The maximum atomic E-state index is 14.4. The Balaban J connectivity index is 1.84. The van der Waals surface area contributed by atoms with Crippen molar-refractivity contribution < 1.29 is 19.1 Å². The molecule has 0 radical (unpaired) electrons. The topological polar surface area (TPSA) is 66.4 Å². The molecule has 1 unspecified atom stereocenters. The Kier molecular flexibility index (Phi) is 5.07. The summed E-state index contributed by atoms with van der Waals surface area (Å²) < 4.78 is 14.4. The number of hydrogen-bond acceptors (Lipinski definition) is 2. The summed E-state index contributed by atoms with van der Waals surface area (Å²) in [4.78, 5) is 24.1. The first-order valence-corrected chi connectivity index (χ1v) is 8.83. The lowest BCUT2D eigenvalue weighted by Gasteiger charge is -2.28. The molecule has 0 spiro atoms. The zero-order chi connectivity index (χ0) is 18.7. The quantitative estimate of drug-likeness (QED) is 0.832. The van der Waals surface area contributed by atoms with Crippen molar-refractivity contribution in [3.8, 4) is 0 Å². The van der Waals surface area contributed by atoms with Crippen LogP contribution in [0.25, 0.3) is 0 Å². The number of aliphatic carboxylic acids is 1. The number of carbonyl (C=O) groups is 2. The molecular weight excluding hydrogens is 333 g/mol. The number of amides is 1. The largest absolute Gasteiger partial charge is 0.481 e. The average molecular weight is 355 g/mol. The van der Waals surface area contributed by atoms with Crippen LogP contribution in [0.15, 0.2) is 48.5 Å². The smallest absolute Gasteiger partial charge is 0.310 e. The summed E-state index contributed by atoms with van der Waals surface area (Å²) in [6.45, 7) is 1.61. The van der Waals surface area contributed by atoms with Crippen LogP contribution in [0.5, 0.6) is 0 Å². The molecule has 3 rings (SSSR count). The minimum Gasteiger partial charge on any atom is -0.481 e. The van der Waals surface area contributed by atoms with Crippen molar-refractivity contribution in [2.45, 2.75) is 43.9 Å².